The first-order chi connectivity index (χ1) is 12.9. The van der Waals surface area contributed by atoms with E-state index in [-0.39, 0.29) is 18.0 Å². The molecule has 0 aliphatic rings. The molecule has 140 valence electrons. The predicted molar refractivity (Wildman–Crippen MR) is 104 cm³/mol. The van der Waals surface area contributed by atoms with Gasteiger partial charge < -0.3 is 14.4 Å². The first kappa shape index (κ1) is 18.7. The number of carbonyl (C=O) groups excluding carboxylic acids is 1. The summed E-state index contributed by atoms with van der Waals surface area (Å²) in [7, 11) is 1.71. The fourth-order valence-corrected chi connectivity index (χ4v) is 3.18. The number of furan rings is 1. The van der Waals surface area contributed by atoms with E-state index in [9.17, 15) is 9.59 Å². The number of hydrogen-bond acceptors (Lipinski definition) is 3. The van der Waals surface area contributed by atoms with Crippen LogP contribution < -0.4 is 0 Å². The van der Waals surface area contributed by atoms with Gasteiger partial charge in [-0.25, -0.2) is 4.79 Å². The standard InChI is InChI=1S/C22H23NO4/c1-15-20(22(25)26)13-19(27-15)14-23(2)21(24)9-5-6-16-10-11-17-7-3-4-8-18(17)12-16/h3-4,7-8,10-13H,5-6,9,14H2,1-2H3,(H,25,26). The summed E-state index contributed by atoms with van der Waals surface area (Å²) in [6.45, 7) is 1.88. The predicted octanol–water partition coefficient (Wildman–Crippen LogP) is 4.42. The van der Waals surface area contributed by atoms with Crippen LogP contribution in [-0.2, 0) is 17.8 Å². The Labute approximate surface area is 158 Å². The van der Waals surface area contributed by atoms with Crippen LogP contribution >= 0.6 is 0 Å². The molecular formula is C22H23NO4. The van der Waals surface area contributed by atoms with Gasteiger partial charge in [0.15, 0.2) is 0 Å². The average Bonchev–Trinajstić information content (AvgIpc) is 3.02. The molecule has 0 atom stereocenters. The third kappa shape index (κ3) is 4.56. The van der Waals surface area contributed by atoms with Gasteiger partial charge in [-0.3, -0.25) is 4.79 Å². The summed E-state index contributed by atoms with van der Waals surface area (Å²) in [5.74, 6) is -0.168. The molecule has 1 aromatic heterocycles. The summed E-state index contributed by atoms with van der Waals surface area (Å²) < 4.78 is 5.44. The normalized spacial score (nSPS) is 10.9. The van der Waals surface area contributed by atoms with Crippen LogP contribution in [0, 0.1) is 6.92 Å². The van der Waals surface area contributed by atoms with Crippen LogP contribution in [0.25, 0.3) is 10.8 Å². The maximum absolute atomic E-state index is 12.3. The number of nitrogens with zero attached hydrogens (tertiary/aromatic N) is 1. The number of aromatic carboxylic acids is 1. The number of hydrogen-bond donors (Lipinski definition) is 1. The SMILES string of the molecule is Cc1oc(CN(C)C(=O)CCCc2ccc3ccccc3c2)cc1C(=O)O. The molecular weight excluding hydrogens is 342 g/mol. The Hall–Kier alpha value is -3.08. The van der Waals surface area contributed by atoms with Gasteiger partial charge in [-0.2, -0.15) is 0 Å². The van der Waals surface area contributed by atoms with E-state index in [4.69, 9.17) is 9.52 Å². The zero-order valence-electron chi connectivity index (χ0n) is 15.6. The van der Waals surface area contributed by atoms with Crippen molar-refractivity contribution in [3.8, 4) is 0 Å². The second-order valence-electron chi connectivity index (χ2n) is 6.77. The van der Waals surface area contributed by atoms with E-state index >= 15 is 0 Å². The highest BCUT2D eigenvalue weighted by Gasteiger charge is 2.16. The van der Waals surface area contributed by atoms with Crippen LogP contribution in [0.2, 0.25) is 0 Å². The molecule has 0 bridgehead atoms. The highest BCUT2D eigenvalue weighted by molar-refractivity contribution is 5.88. The average molecular weight is 365 g/mol. The molecule has 0 saturated heterocycles. The van der Waals surface area contributed by atoms with E-state index in [0.29, 0.717) is 17.9 Å². The minimum absolute atomic E-state index is 0.0155. The van der Waals surface area contributed by atoms with Gasteiger partial charge in [0.05, 0.1) is 6.54 Å². The molecule has 0 saturated carbocycles. The lowest BCUT2D eigenvalue weighted by Crippen LogP contribution is -2.25. The van der Waals surface area contributed by atoms with Crippen molar-refractivity contribution in [2.75, 3.05) is 7.05 Å². The Morgan fingerprint density at radius 1 is 1.07 bits per heavy atom. The van der Waals surface area contributed by atoms with Gasteiger partial charge >= 0.3 is 5.97 Å². The number of rotatable bonds is 7. The van der Waals surface area contributed by atoms with Crippen molar-refractivity contribution in [2.45, 2.75) is 32.7 Å². The zero-order chi connectivity index (χ0) is 19.4. The summed E-state index contributed by atoms with van der Waals surface area (Å²) >= 11 is 0. The highest BCUT2D eigenvalue weighted by Crippen LogP contribution is 2.18. The second-order valence-corrected chi connectivity index (χ2v) is 6.77. The lowest BCUT2D eigenvalue weighted by Gasteiger charge is -2.15. The van der Waals surface area contributed by atoms with Crippen LogP contribution in [-0.4, -0.2) is 28.9 Å². The van der Waals surface area contributed by atoms with E-state index in [1.54, 1.807) is 18.9 Å². The monoisotopic (exact) mass is 365 g/mol. The number of benzene rings is 2. The van der Waals surface area contributed by atoms with Crippen LogP contribution in [0.15, 0.2) is 52.9 Å². The third-order valence-electron chi connectivity index (χ3n) is 4.69. The molecule has 0 aliphatic carbocycles. The van der Waals surface area contributed by atoms with Crippen molar-refractivity contribution in [3.63, 3.8) is 0 Å². The molecule has 0 aliphatic heterocycles. The molecule has 0 fully saturated rings. The number of carboxylic acid groups (broad SMARTS) is 1. The number of carbonyl (C=O) groups is 2. The Bertz CT molecular complexity index is 973. The number of carboxylic acids is 1. The number of fused-ring (bicyclic) bond motifs is 1. The van der Waals surface area contributed by atoms with Gasteiger partial charge in [-0.1, -0.05) is 42.5 Å². The van der Waals surface area contributed by atoms with Crippen LogP contribution in [0.3, 0.4) is 0 Å². The maximum atomic E-state index is 12.3. The minimum atomic E-state index is -1.02. The fourth-order valence-electron chi connectivity index (χ4n) is 3.18. The van der Waals surface area contributed by atoms with E-state index in [1.165, 1.54) is 22.4 Å². The van der Waals surface area contributed by atoms with Crippen LogP contribution in [0.5, 0.6) is 0 Å². The van der Waals surface area contributed by atoms with Crippen molar-refractivity contribution >= 4 is 22.6 Å². The van der Waals surface area contributed by atoms with E-state index < -0.39 is 5.97 Å². The highest BCUT2D eigenvalue weighted by atomic mass is 16.4. The van der Waals surface area contributed by atoms with Gasteiger partial charge in [0.2, 0.25) is 5.91 Å². The maximum Gasteiger partial charge on any atom is 0.339 e. The largest absolute Gasteiger partial charge is 0.478 e. The fraction of sp³-hybridized carbons (Fsp3) is 0.273. The van der Waals surface area contributed by atoms with E-state index in [0.717, 1.165) is 12.8 Å². The van der Waals surface area contributed by atoms with Crippen molar-refractivity contribution < 1.29 is 19.1 Å². The third-order valence-corrected chi connectivity index (χ3v) is 4.69. The zero-order valence-corrected chi connectivity index (χ0v) is 15.6. The molecule has 0 unspecified atom stereocenters. The Morgan fingerprint density at radius 3 is 2.52 bits per heavy atom. The lowest BCUT2D eigenvalue weighted by molar-refractivity contribution is -0.130. The molecule has 2 aromatic carbocycles. The molecule has 3 aromatic rings. The van der Waals surface area contributed by atoms with E-state index in [1.807, 2.05) is 12.1 Å². The van der Waals surface area contributed by atoms with Crippen molar-refractivity contribution in [2.24, 2.45) is 0 Å². The van der Waals surface area contributed by atoms with Crippen molar-refractivity contribution in [1.82, 2.24) is 4.90 Å². The second kappa shape index (κ2) is 8.08. The van der Waals surface area contributed by atoms with Gasteiger partial charge in [-0.05, 0) is 42.2 Å². The summed E-state index contributed by atoms with van der Waals surface area (Å²) in [5, 5.41) is 11.5. The summed E-state index contributed by atoms with van der Waals surface area (Å²) in [5.41, 5.74) is 1.36. The first-order valence-electron chi connectivity index (χ1n) is 8.98. The summed E-state index contributed by atoms with van der Waals surface area (Å²) in [4.78, 5) is 25.0. The summed E-state index contributed by atoms with van der Waals surface area (Å²) in [6.07, 6.45) is 2.04. The molecule has 1 N–H and O–H groups in total. The van der Waals surface area contributed by atoms with Gasteiger partial charge in [0.25, 0.3) is 0 Å². The molecule has 27 heavy (non-hydrogen) atoms. The van der Waals surface area contributed by atoms with Gasteiger partial charge in [0.1, 0.15) is 17.1 Å². The van der Waals surface area contributed by atoms with Crippen LogP contribution in [0.1, 0.15) is 40.3 Å². The molecule has 3 rings (SSSR count). The molecule has 1 amide bonds. The molecule has 0 radical (unpaired) electrons. The number of amides is 1. The summed E-state index contributed by atoms with van der Waals surface area (Å²) in [6, 6.07) is 16.1. The van der Waals surface area contributed by atoms with Gasteiger partial charge in [-0.15, -0.1) is 0 Å². The molecule has 5 nitrogen and oxygen atoms in total. The first-order valence-corrected chi connectivity index (χ1v) is 8.98. The van der Waals surface area contributed by atoms with Crippen molar-refractivity contribution in [3.05, 3.63) is 71.2 Å². The number of aryl methyl sites for hydroxylation is 2. The van der Waals surface area contributed by atoms with E-state index in [2.05, 4.69) is 30.3 Å². The molecule has 5 heteroatoms. The van der Waals surface area contributed by atoms with Gasteiger partial charge in [0, 0.05) is 13.5 Å². The minimum Gasteiger partial charge on any atom is -0.478 e. The quantitative estimate of drug-likeness (QED) is 0.673. The van der Waals surface area contributed by atoms with Crippen LogP contribution in [0.4, 0.5) is 0 Å². The van der Waals surface area contributed by atoms with Crippen molar-refractivity contribution in [1.29, 1.82) is 0 Å². The molecule has 0 spiro atoms. The Morgan fingerprint density at radius 2 is 1.81 bits per heavy atom. The lowest BCUT2D eigenvalue weighted by atomic mass is 10.0. The Balaban J connectivity index is 1.52. The topological polar surface area (TPSA) is 70.8 Å². The smallest absolute Gasteiger partial charge is 0.339 e. The Kier molecular flexibility index (Phi) is 5.60. The molecule has 1 heterocycles.